The Bertz CT molecular complexity index is 587. The third kappa shape index (κ3) is 4.54. The fourth-order valence-electron chi connectivity index (χ4n) is 2.15. The molecule has 2 rings (SSSR count). The average Bonchev–Trinajstić information content (AvgIpc) is 2.47. The van der Waals surface area contributed by atoms with Gasteiger partial charge in [0.05, 0.1) is 4.92 Å². The molecule has 0 atom stereocenters. The van der Waals surface area contributed by atoms with Crippen LogP contribution in [0.25, 0.3) is 0 Å². The smallest absolute Gasteiger partial charge is 0.271 e. The second kappa shape index (κ2) is 7.19. The van der Waals surface area contributed by atoms with Crippen molar-refractivity contribution in [3.8, 4) is 0 Å². The molecule has 2 N–H and O–H groups in total. The van der Waals surface area contributed by atoms with Gasteiger partial charge in [0.25, 0.3) is 11.6 Å². The van der Waals surface area contributed by atoms with Crippen molar-refractivity contribution in [1.29, 1.82) is 0 Å². The number of nitro benzene ring substituents is 1. The second-order valence-electron chi connectivity index (χ2n) is 4.78. The summed E-state index contributed by atoms with van der Waals surface area (Å²) in [5.74, 6) is -0.352. The lowest BCUT2D eigenvalue weighted by Gasteiger charge is -2.14. The Hall–Kier alpha value is -1.92. The van der Waals surface area contributed by atoms with Gasteiger partial charge in [0.2, 0.25) is 0 Å². The molecule has 0 aliphatic carbocycles. The van der Waals surface area contributed by atoms with Gasteiger partial charge in [-0.05, 0) is 25.5 Å². The fourth-order valence-corrected chi connectivity index (χ4v) is 2.38. The van der Waals surface area contributed by atoms with Crippen molar-refractivity contribution in [2.24, 2.45) is 0 Å². The SMILES string of the molecule is O=C(NCCC1=CCNCC1)c1cc(Cl)cc([N+](=O)[O-])c1. The first-order chi connectivity index (χ1) is 10.1. The van der Waals surface area contributed by atoms with E-state index in [1.165, 1.54) is 23.8 Å². The van der Waals surface area contributed by atoms with Crippen LogP contribution >= 0.6 is 11.6 Å². The van der Waals surface area contributed by atoms with Crippen LogP contribution in [0.3, 0.4) is 0 Å². The molecule has 0 saturated heterocycles. The summed E-state index contributed by atoms with van der Waals surface area (Å²) in [4.78, 5) is 22.2. The number of benzene rings is 1. The van der Waals surface area contributed by atoms with E-state index in [-0.39, 0.29) is 22.2 Å². The number of nitrogens with zero attached hydrogens (tertiary/aromatic N) is 1. The normalized spacial score (nSPS) is 14.4. The predicted octanol–water partition coefficient (Wildman–Crippen LogP) is 2.29. The molecule has 0 aromatic heterocycles. The third-order valence-electron chi connectivity index (χ3n) is 3.25. The lowest BCUT2D eigenvalue weighted by molar-refractivity contribution is -0.384. The molecule has 0 fully saturated rings. The van der Waals surface area contributed by atoms with Crippen molar-refractivity contribution in [3.05, 3.63) is 50.5 Å². The lowest BCUT2D eigenvalue weighted by Crippen LogP contribution is -2.26. The monoisotopic (exact) mass is 309 g/mol. The largest absolute Gasteiger partial charge is 0.352 e. The number of rotatable bonds is 5. The van der Waals surface area contributed by atoms with Crippen LogP contribution in [0.4, 0.5) is 5.69 Å². The van der Waals surface area contributed by atoms with Crippen LogP contribution < -0.4 is 10.6 Å². The Morgan fingerprint density at radius 1 is 1.43 bits per heavy atom. The summed E-state index contributed by atoms with van der Waals surface area (Å²) < 4.78 is 0. The molecule has 0 bridgehead atoms. The van der Waals surface area contributed by atoms with Gasteiger partial charge in [0.1, 0.15) is 0 Å². The Morgan fingerprint density at radius 2 is 2.24 bits per heavy atom. The van der Waals surface area contributed by atoms with Crippen LogP contribution in [0, 0.1) is 10.1 Å². The summed E-state index contributed by atoms with van der Waals surface area (Å²) in [5.41, 5.74) is 1.33. The molecule has 0 spiro atoms. The van der Waals surface area contributed by atoms with Crippen molar-refractivity contribution in [3.63, 3.8) is 0 Å². The zero-order valence-corrected chi connectivity index (χ0v) is 12.2. The highest BCUT2D eigenvalue weighted by Gasteiger charge is 2.14. The molecule has 0 saturated carbocycles. The highest BCUT2D eigenvalue weighted by molar-refractivity contribution is 6.31. The Morgan fingerprint density at radius 3 is 2.90 bits per heavy atom. The minimum absolute atomic E-state index is 0.176. The number of hydrogen-bond acceptors (Lipinski definition) is 4. The molecule has 1 aliphatic heterocycles. The molecular formula is C14H16ClN3O3. The van der Waals surface area contributed by atoms with Crippen LogP contribution in [-0.2, 0) is 0 Å². The molecule has 1 aromatic carbocycles. The van der Waals surface area contributed by atoms with E-state index < -0.39 is 4.92 Å². The van der Waals surface area contributed by atoms with Crippen molar-refractivity contribution in [2.45, 2.75) is 12.8 Å². The Labute approximate surface area is 127 Å². The molecule has 1 aromatic rings. The van der Waals surface area contributed by atoms with Gasteiger partial charge in [-0.1, -0.05) is 23.3 Å². The van der Waals surface area contributed by atoms with E-state index in [9.17, 15) is 14.9 Å². The van der Waals surface area contributed by atoms with Crippen molar-refractivity contribution in [2.75, 3.05) is 19.6 Å². The Balaban J connectivity index is 1.93. The summed E-state index contributed by atoms with van der Waals surface area (Å²) in [6, 6.07) is 3.87. The molecule has 0 radical (unpaired) electrons. The van der Waals surface area contributed by atoms with Crippen LogP contribution in [-0.4, -0.2) is 30.5 Å². The van der Waals surface area contributed by atoms with Gasteiger partial charge >= 0.3 is 0 Å². The first-order valence-electron chi connectivity index (χ1n) is 6.68. The summed E-state index contributed by atoms with van der Waals surface area (Å²) >= 11 is 5.79. The maximum atomic E-state index is 12.0. The Kier molecular flexibility index (Phi) is 5.30. The summed E-state index contributed by atoms with van der Waals surface area (Å²) in [6.45, 7) is 2.33. The summed E-state index contributed by atoms with van der Waals surface area (Å²) in [6.07, 6.45) is 3.90. The standard InChI is InChI=1S/C14H16ClN3O3/c15-12-7-11(8-13(9-12)18(20)21)14(19)17-6-3-10-1-4-16-5-2-10/h1,7-9,16H,2-6H2,(H,17,19). The van der Waals surface area contributed by atoms with Gasteiger partial charge in [-0.3, -0.25) is 14.9 Å². The van der Waals surface area contributed by atoms with Gasteiger partial charge in [-0.2, -0.15) is 0 Å². The van der Waals surface area contributed by atoms with Gasteiger partial charge in [0, 0.05) is 35.8 Å². The lowest BCUT2D eigenvalue weighted by atomic mass is 10.1. The van der Waals surface area contributed by atoms with Crippen molar-refractivity contribution < 1.29 is 9.72 Å². The molecule has 0 unspecified atom stereocenters. The topological polar surface area (TPSA) is 84.3 Å². The van der Waals surface area contributed by atoms with E-state index in [1.807, 2.05) is 0 Å². The van der Waals surface area contributed by atoms with Crippen LogP contribution in [0.2, 0.25) is 5.02 Å². The van der Waals surface area contributed by atoms with Gasteiger partial charge in [-0.15, -0.1) is 0 Å². The van der Waals surface area contributed by atoms with E-state index in [4.69, 9.17) is 11.6 Å². The van der Waals surface area contributed by atoms with E-state index in [0.29, 0.717) is 6.54 Å². The molecule has 7 heteroatoms. The maximum Gasteiger partial charge on any atom is 0.271 e. The average molecular weight is 310 g/mol. The molecule has 112 valence electrons. The van der Waals surface area contributed by atoms with Gasteiger partial charge < -0.3 is 10.6 Å². The van der Waals surface area contributed by atoms with E-state index in [2.05, 4.69) is 16.7 Å². The molecule has 1 amide bonds. The van der Waals surface area contributed by atoms with Crippen molar-refractivity contribution >= 4 is 23.2 Å². The number of amides is 1. The van der Waals surface area contributed by atoms with Crippen LogP contribution in [0.5, 0.6) is 0 Å². The zero-order valence-electron chi connectivity index (χ0n) is 11.4. The van der Waals surface area contributed by atoms with Crippen LogP contribution in [0.1, 0.15) is 23.2 Å². The second-order valence-corrected chi connectivity index (χ2v) is 5.21. The quantitative estimate of drug-likeness (QED) is 0.496. The number of nitro groups is 1. The number of carbonyl (C=O) groups is 1. The summed E-state index contributed by atoms with van der Waals surface area (Å²) in [7, 11) is 0. The van der Waals surface area contributed by atoms with Gasteiger partial charge in [-0.25, -0.2) is 0 Å². The molecule has 1 heterocycles. The predicted molar refractivity (Wildman–Crippen MR) is 80.6 cm³/mol. The third-order valence-corrected chi connectivity index (χ3v) is 3.46. The highest BCUT2D eigenvalue weighted by Crippen LogP contribution is 2.20. The maximum absolute atomic E-state index is 12.0. The molecule has 21 heavy (non-hydrogen) atoms. The van der Waals surface area contributed by atoms with E-state index in [0.717, 1.165) is 25.9 Å². The molecule has 6 nitrogen and oxygen atoms in total. The number of halogens is 1. The number of nitrogens with one attached hydrogen (secondary N) is 2. The van der Waals surface area contributed by atoms with Crippen LogP contribution in [0.15, 0.2) is 29.8 Å². The molecular weight excluding hydrogens is 294 g/mol. The van der Waals surface area contributed by atoms with Crippen molar-refractivity contribution in [1.82, 2.24) is 10.6 Å². The summed E-state index contributed by atoms with van der Waals surface area (Å²) in [5, 5.41) is 16.9. The number of non-ortho nitro benzene ring substituents is 1. The fraction of sp³-hybridized carbons (Fsp3) is 0.357. The first kappa shape index (κ1) is 15.5. The first-order valence-corrected chi connectivity index (χ1v) is 7.06. The minimum atomic E-state index is -0.567. The minimum Gasteiger partial charge on any atom is -0.352 e. The highest BCUT2D eigenvalue weighted by atomic mass is 35.5. The van der Waals surface area contributed by atoms with Gasteiger partial charge in [0.15, 0.2) is 0 Å². The van der Waals surface area contributed by atoms with E-state index >= 15 is 0 Å². The molecule has 1 aliphatic rings. The van der Waals surface area contributed by atoms with E-state index in [1.54, 1.807) is 0 Å². The number of hydrogen-bond donors (Lipinski definition) is 2. The number of carbonyl (C=O) groups excluding carboxylic acids is 1. The zero-order chi connectivity index (χ0) is 15.2.